The van der Waals surface area contributed by atoms with Gasteiger partial charge < -0.3 is 30.0 Å². The Morgan fingerprint density at radius 2 is 1.94 bits per heavy atom. The molecule has 0 unspecified atom stereocenters. The first-order valence-corrected chi connectivity index (χ1v) is 13.0. The standard InChI is InChI=1S/C22H34N6O6S/c1-14(2)11-16(19(29)26-15(21(31)32)7-10-35-3)27-22(33)34-9-6-4-5-8-28-13-25-17-18(28)23-12-24-20(17)30/h12-16H,4-11H2,1-3H3,(H,26,29)(H,27,33)(H,31,32)(H,23,24,30)/t15-,16-/m0/s1. The fourth-order valence-electron chi connectivity index (χ4n) is 3.43. The predicted octanol–water partition coefficient (Wildman–Crippen LogP) is 1.75. The molecule has 0 saturated heterocycles. The van der Waals surface area contributed by atoms with E-state index in [1.807, 2.05) is 20.1 Å². The first-order chi connectivity index (χ1) is 16.7. The molecule has 2 heterocycles. The number of nitrogens with zero attached hydrogens (tertiary/aromatic N) is 3. The lowest BCUT2D eigenvalue weighted by Gasteiger charge is -2.22. The van der Waals surface area contributed by atoms with E-state index in [1.54, 1.807) is 10.9 Å². The van der Waals surface area contributed by atoms with Gasteiger partial charge in [-0.1, -0.05) is 13.8 Å². The minimum absolute atomic E-state index is 0.102. The van der Waals surface area contributed by atoms with Crippen molar-refractivity contribution >= 4 is 40.9 Å². The van der Waals surface area contributed by atoms with Gasteiger partial charge in [-0.2, -0.15) is 11.8 Å². The average Bonchev–Trinajstić information content (AvgIpc) is 3.22. The van der Waals surface area contributed by atoms with E-state index >= 15 is 0 Å². The summed E-state index contributed by atoms with van der Waals surface area (Å²) >= 11 is 1.49. The van der Waals surface area contributed by atoms with Gasteiger partial charge in [0.05, 0.1) is 19.3 Å². The van der Waals surface area contributed by atoms with Crippen molar-refractivity contribution in [1.29, 1.82) is 0 Å². The summed E-state index contributed by atoms with van der Waals surface area (Å²) in [5.74, 6) is -0.952. The molecule has 0 spiro atoms. The van der Waals surface area contributed by atoms with E-state index in [1.165, 1.54) is 18.1 Å². The van der Waals surface area contributed by atoms with Crippen molar-refractivity contribution in [3.05, 3.63) is 23.0 Å². The van der Waals surface area contributed by atoms with E-state index < -0.39 is 30.1 Å². The Morgan fingerprint density at radius 3 is 2.63 bits per heavy atom. The lowest BCUT2D eigenvalue weighted by Crippen LogP contribution is -2.52. The highest BCUT2D eigenvalue weighted by atomic mass is 32.2. The highest BCUT2D eigenvalue weighted by molar-refractivity contribution is 7.98. The van der Waals surface area contributed by atoms with Gasteiger partial charge in [-0.3, -0.25) is 9.59 Å². The van der Waals surface area contributed by atoms with Crippen molar-refractivity contribution in [1.82, 2.24) is 30.2 Å². The van der Waals surface area contributed by atoms with Gasteiger partial charge in [0.25, 0.3) is 5.56 Å². The van der Waals surface area contributed by atoms with Gasteiger partial charge in [-0.25, -0.2) is 19.6 Å². The SMILES string of the molecule is CSCC[C@H](NC(=O)[C@H](CC(C)C)NC(=O)OCCCCCn1cnc2c(=O)[nH]cnc21)C(=O)O. The number of hydrogen-bond donors (Lipinski definition) is 4. The zero-order valence-corrected chi connectivity index (χ0v) is 21.1. The Morgan fingerprint density at radius 1 is 1.17 bits per heavy atom. The normalized spacial score (nSPS) is 12.9. The smallest absolute Gasteiger partial charge is 0.407 e. The van der Waals surface area contributed by atoms with Crippen LogP contribution in [0.5, 0.6) is 0 Å². The Hall–Kier alpha value is -3.09. The highest BCUT2D eigenvalue weighted by Gasteiger charge is 2.27. The third-order valence-corrected chi connectivity index (χ3v) is 5.87. The van der Waals surface area contributed by atoms with Gasteiger partial charge >= 0.3 is 12.1 Å². The second kappa shape index (κ2) is 14.3. The van der Waals surface area contributed by atoms with Crippen LogP contribution in [0.1, 0.15) is 46.0 Å². The highest BCUT2D eigenvalue weighted by Crippen LogP contribution is 2.09. The zero-order chi connectivity index (χ0) is 25.8. The van der Waals surface area contributed by atoms with Crippen LogP contribution < -0.4 is 16.2 Å². The summed E-state index contributed by atoms with van der Waals surface area (Å²) in [5.41, 5.74) is 0.542. The number of carbonyl (C=O) groups excluding carboxylic acids is 2. The lowest BCUT2D eigenvalue weighted by atomic mass is 10.0. The number of aliphatic carboxylic acids is 1. The molecule has 0 aliphatic heterocycles. The van der Waals surface area contributed by atoms with Crippen molar-refractivity contribution in [2.75, 3.05) is 18.6 Å². The number of aromatic nitrogens is 4. The van der Waals surface area contributed by atoms with Crippen molar-refractivity contribution < 1.29 is 24.2 Å². The maximum atomic E-state index is 12.6. The fourth-order valence-corrected chi connectivity index (χ4v) is 3.90. The van der Waals surface area contributed by atoms with Crippen LogP contribution in [-0.4, -0.2) is 73.3 Å². The van der Waals surface area contributed by atoms with Crippen molar-refractivity contribution in [2.45, 2.75) is 64.6 Å². The number of carboxylic acids is 1. The number of thioether (sulfide) groups is 1. The topological polar surface area (TPSA) is 168 Å². The van der Waals surface area contributed by atoms with Crippen LogP contribution in [-0.2, 0) is 20.9 Å². The van der Waals surface area contributed by atoms with Gasteiger partial charge in [0, 0.05) is 6.54 Å². The average molecular weight is 511 g/mol. The summed E-state index contributed by atoms with van der Waals surface area (Å²) in [6.45, 7) is 4.61. The van der Waals surface area contributed by atoms with Gasteiger partial charge in [0.1, 0.15) is 12.1 Å². The summed E-state index contributed by atoms with van der Waals surface area (Å²) in [4.78, 5) is 58.7. The number of unbranched alkanes of at least 4 members (excludes halogenated alkanes) is 2. The molecule has 0 aliphatic rings. The van der Waals surface area contributed by atoms with Crippen molar-refractivity contribution in [3.8, 4) is 0 Å². The van der Waals surface area contributed by atoms with E-state index in [9.17, 15) is 24.3 Å². The predicted molar refractivity (Wildman–Crippen MR) is 132 cm³/mol. The number of nitrogens with one attached hydrogen (secondary N) is 3. The van der Waals surface area contributed by atoms with Crippen LogP contribution >= 0.6 is 11.8 Å². The van der Waals surface area contributed by atoms with E-state index in [2.05, 4.69) is 25.6 Å². The third-order valence-electron chi connectivity index (χ3n) is 5.23. The molecule has 2 aromatic heterocycles. The quantitative estimate of drug-likeness (QED) is 0.261. The molecule has 2 amide bonds. The first kappa shape index (κ1) is 28.1. The van der Waals surface area contributed by atoms with E-state index in [-0.39, 0.29) is 18.1 Å². The number of fused-ring (bicyclic) bond motifs is 1. The number of alkyl carbamates (subject to hydrolysis) is 1. The molecule has 2 atom stereocenters. The van der Waals surface area contributed by atoms with Crippen LogP contribution in [0, 0.1) is 5.92 Å². The fraction of sp³-hybridized carbons (Fsp3) is 0.636. The lowest BCUT2D eigenvalue weighted by molar-refractivity contribution is -0.142. The molecule has 4 N–H and O–H groups in total. The Kier molecular flexibility index (Phi) is 11.5. The number of carbonyl (C=O) groups is 3. The largest absolute Gasteiger partial charge is 0.480 e. The molecular weight excluding hydrogens is 476 g/mol. The number of carboxylic acid groups (broad SMARTS) is 1. The van der Waals surface area contributed by atoms with E-state index in [4.69, 9.17) is 4.74 Å². The van der Waals surface area contributed by atoms with Crippen LogP contribution in [0.15, 0.2) is 17.4 Å². The van der Waals surface area contributed by atoms with E-state index in [0.717, 1.165) is 12.8 Å². The van der Waals surface area contributed by atoms with Crippen molar-refractivity contribution in [3.63, 3.8) is 0 Å². The number of hydrogen-bond acceptors (Lipinski definition) is 8. The number of H-pyrrole nitrogens is 1. The molecule has 0 aromatic carbocycles. The van der Waals surface area contributed by atoms with Crippen molar-refractivity contribution in [2.24, 2.45) is 5.92 Å². The summed E-state index contributed by atoms with van der Waals surface area (Å²) in [5, 5.41) is 14.4. The monoisotopic (exact) mass is 510 g/mol. The minimum atomic E-state index is -1.11. The number of rotatable bonds is 15. The second-order valence-corrected chi connectivity index (χ2v) is 9.53. The zero-order valence-electron chi connectivity index (χ0n) is 20.3. The second-order valence-electron chi connectivity index (χ2n) is 8.55. The number of amides is 2. The maximum absolute atomic E-state index is 12.6. The summed E-state index contributed by atoms with van der Waals surface area (Å²) < 4.78 is 7.02. The molecule has 194 valence electrons. The maximum Gasteiger partial charge on any atom is 0.407 e. The Labute approximate surface area is 207 Å². The van der Waals surface area contributed by atoms with E-state index in [0.29, 0.717) is 42.7 Å². The molecule has 12 nitrogen and oxygen atoms in total. The molecule has 13 heteroatoms. The van der Waals surface area contributed by atoms with Crippen LogP contribution in [0.25, 0.3) is 11.2 Å². The van der Waals surface area contributed by atoms with Gasteiger partial charge in [0.2, 0.25) is 5.91 Å². The molecule has 0 bridgehead atoms. The van der Waals surface area contributed by atoms with Crippen LogP contribution in [0.3, 0.4) is 0 Å². The molecule has 35 heavy (non-hydrogen) atoms. The van der Waals surface area contributed by atoms with Gasteiger partial charge in [0.15, 0.2) is 11.2 Å². The summed E-state index contributed by atoms with van der Waals surface area (Å²) in [7, 11) is 0. The molecule has 2 aromatic rings. The molecule has 0 saturated carbocycles. The van der Waals surface area contributed by atoms with Gasteiger partial charge in [-0.15, -0.1) is 0 Å². The minimum Gasteiger partial charge on any atom is -0.480 e. The van der Waals surface area contributed by atoms with Gasteiger partial charge in [-0.05, 0) is 50.0 Å². The molecule has 2 rings (SSSR count). The number of aromatic amines is 1. The molecule has 0 aliphatic carbocycles. The third kappa shape index (κ3) is 9.23. The number of aryl methyl sites for hydroxylation is 1. The Balaban J connectivity index is 1.75. The van der Waals surface area contributed by atoms with Crippen LogP contribution in [0.4, 0.5) is 4.79 Å². The number of imidazole rings is 1. The first-order valence-electron chi connectivity index (χ1n) is 11.6. The van der Waals surface area contributed by atoms with Crippen LogP contribution in [0.2, 0.25) is 0 Å². The molecule has 0 fully saturated rings. The summed E-state index contributed by atoms with van der Waals surface area (Å²) in [6.07, 6.45) is 6.86. The Bertz CT molecular complexity index is 1040. The molecular formula is C22H34N6O6S. The number of ether oxygens (including phenoxy) is 1. The summed E-state index contributed by atoms with van der Waals surface area (Å²) in [6, 6.07) is -1.90. The molecule has 0 radical (unpaired) electrons.